The van der Waals surface area contributed by atoms with Crippen LogP contribution in [0.5, 0.6) is 0 Å². The van der Waals surface area contributed by atoms with Gasteiger partial charge in [-0.1, -0.05) is 29.8 Å². The lowest BCUT2D eigenvalue weighted by molar-refractivity contribution is -0.141. The highest BCUT2D eigenvalue weighted by molar-refractivity contribution is 7.99. The van der Waals surface area contributed by atoms with E-state index in [0.29, 0.717) is 17.9 Å². The van der Waals surface area contributed by atoms with Gasteiger partial charge < -0.3 is 10.4 Å². The number of carbonyl (C=O) groups is 1. The summed E-state index contributed by atoms with van der Waals surface area (Å²) in [6, 6.07) is 7.21. The van der Waals surface area contributed by atoms with E-state index in [9.17, 15) is 9.90 Å². The molecule has 1 unspecified atom stereocenters. The van der Waals surface area contributed by atoms with Crippen molar-refractivity contribution < 1.29 is 9.90 Å². The van der Waals surface area contributed by atoms with Gasteiger partial charge in [-0.3, -0.25) is 4.79 Å². The maximum Gasteiger partial charge on any atom is 0.252 e. The van der Waals surface area contributed by atoms with Crippen LogP contribution >= 0.6 is 23.4 Å². The molecule has 1 heterocycles. The summed E-state index contributed by atoms with van der Waals surface area (Å²) in [4.78, 5) is 12.2. The molecule has 104 valence electrons. The van der Waals surface area contributed by atoms with Crippen molar-refractivity contribution in [3.63, 3.8) is 0 Å². The molecule has 0 radical (unpaired) electrons. The third-order valence-electron chi connectivity index (χ3n) is 3.46. The Hall–Kier alpha value is -0.710. The van der Waals surface area contributed by atoms with E-state index in [1.54, 1.807) is 17.8 Å². The Morgan fingerprint density at radius 1 is 1.42 bits per heavy atom. The van der Waals surface area contributed by atoms with Gasteiger partial charge in [-0.05, 0) is 42.9 Å². The zero-order valence-electron chi connectivity index (χ0n) is 10.9. The highest BCUT2D eigenvalue weighted by atomic mass is 35.5. The molecule has 5 heteroatoms. The smallest absolute Gasteiger partial charge is 0.252 e. The number of benzene rings is 1. The fourth-order valence-corrected chi connectivity index (χ4v) is 3.64. The second-order valence-corrected chi connectivity index (χ2v) is 6.49. The number of carbonyl (C=O) groups excluding carboxylic acids is 1. The first-order valence-corrected chi connectivity index (χ1v) is 7.92. The van der Waals surface area contributed by atoms with Crippen molar-refractivity contribution in [3.05, 3.63) is 34.9 Å². The molecule has 0 bridgehead atoms. The molecule has 1 amide bonds. The topological polar surface area (TPSA) is 49.3 Å². The van der Waals surface area contributed by atoms with Crippen LogP contribution in [0.15, 0.2) is 24.3 Å². The van der Waals surface area contributed by atoms with E-state index >= 15 is 0 Å². The van der Waals surface area contributed by atoms with E-state index in [0.717, 1.165) is 17.1 Å². The van der Waals surface area contributed by atoms with Gasteiger partial charge in [0.05, 0.1) is 6.04 Å². The maximum absolute atomic E-state index is 12.2. The Bertz CT molecular complexity index is 461. The summed E-state index contributed by atoms with van der Waals surface area (Å²) in [5.41, 5.74) is -0.355. The van der Waals surface area contributed by atoms with Crippen LogP contribution in [0.2, 0.25) is 5.02 Å². The first kappa shape index (κ1) is 14.7. The predicted molar refractivity (Wildman–Crippen MR) is 79.5 cm³/mol. The Morgan fingerprint density at radius 2 is 2.05 bits per heavy atom. The summed E-state index contributed by atoms with van der Waals surface area (Å²) in [5, 5.41) is 13.8. The summed E-state index contributed by atoms with van der Waals surface area (Å²) < 4.78 is 0. The van der Waals surface area contributed by atoms with Gasteiger partial charge in [-0.25, -0.2) is 0 Å². The maximum atomic E-state index is 12.2. The van der Waals surface area contributed by atoms with Crippen LogP contribution in [0.25, 0.3) is 0 Å². The molecule has 1 aromatic rings. The van der Waals surface area contributed by atoms with Crippen molar-refractivity contribution in [2.24, 2.45) is 0 Å². The second kappa shape index (κ2) is 6.16. The fraction of sp³-hybridized carbons (Fsp3) is 0.500. The molecule has 1 aliphatic heterocycles. The predicted octanol–water partition coefficient (Wildman–Crippen LogP) is 2.78. The number of thioether (sulfide) groups is 1. The number of rotatable bonds is 3. The molecule has 1 atom stereocenters. The Kier molecular flexibility index (Phi) is 4.76. The van der Waals surface area contributed by atoms with Gasteiger partial charge in [0.2, 0.25) is 0 Å². The summed E-state index contributed by atoms with van der Waals surface area (Å²) in [6.45, 7) is 1.88. The Labute approximate surface area is 122 Å². The molecule has 0 aliphatic carbocycles. The molecule has 1 aromatic carbocycles. The normalized spacial score (nSPS) is 19.7. The molecular weight excluding hydrogens is 282 g/mol. The van der Waals surface area contributed by atoms with Gasteiger partial charge in [0.15, 0.2) is 0 Å². The molecule has 1 fully saturated rings. The minimum absolute atomic E-state index is 0.209. The number of halogens is 1. The number of nitrogens with one attached hydrogen (secondary N) is 1. The van der Waals surface area contributed by atoms with E-state index in [-0.39, 0.29) is 11.9 Å². The van der Waals surface area contributed by atoms with E-state index in [2.05, 4.69) is 5.32 Å². The average molecular weight is 300 g/mol. The van der Waals surface area contributed by atoms with Gasteiger partial charge in [0.1, 0.15) is 5.60 Å². The van der Waals surface area contributed by atoms with Gasteiger partial charge in [-0.15, -0.1) is 0 Å². The Morgan fingerprint density at radius 3 is 2.68 bits per heavy atom. The third-order valence-corrected chi connectivity index (χ3v) is 4.79. The standard InChI is InChI=1S/C14H18ClNO2S/c1-10(11-4-2-3-5-12(11)15)16-13(17)14(18)6-8-19-9-7-14/h2-5,10,18H,6-9H2,1H3,(H,16,17). The highest BCUT2D eigenvalue weighted by Gasteiger charge is 2.37. The molecule has 0 aromatic heterocycles. The van der Waals surface area contributed by atoms with E-state index in [4.69, 9.17) is 11.6 Å². The highest BCUT2D eigenvalue weighted by Crippen LogP contribution is 2.29. The first-order chi connectivity index (χ1) is 9.03. The van der Waals surface area contributed by atoms with Crippen LogP contribution in [0.1, 0.15) is 31.4 Å². The molecule has 0 spiro atoms. The monoisotopic (exact) mass is 299 g/mol. The molecule has 3 nitrogen and oxygen atoms in total. The van der Waals surface area contributed by atoms with Crippen molar-refractivity contribution in [2.75, 3.05) is 11.5 Å². The van der Waals surface area contributed by atoms with Crippen molar-refractivity contribution in [2.45, 2.75) is 31.4 Å². The summed E-state index contributed by atoms with van der Waals surface area (Å²) in [6.07, 6.45) is 1.03. The van der Waals surface area contributed by atoms with Crippen molar-refractivity contribution in [1.29, 1.82) is 0 Å². The zero-order chi connectivity index (χ0) is 13.9. The van der Waals surface area contributed by atoms with E-state index in [1.165, 1.54) is 0 Å². The molecule has 0 saturated carbocycles. The molecule has 1 aliphatic rings. The summed E-state index contributed by atoms with van der Waals surface area (Å²) in [7, 11) is 0. The van der Waals surface area contributed by atoms with Crippen LogP contribution in [0.4, 0.5) is 0 Å². The van der Waals surface area contributed by atoms with Crippen LogP contribution in [-0.4, -0.2) is 28.1 Å². The van der Waals surface area contributed by atoms with Crippen molar-refractivity contribution in [1.82, 2.24) is 5.32 Å². The molecule has 1 saturated heterocycles. The van der Waals surface area contributed by atoms with Gasteiger partial charge in [0, 0.05) is 5.02 Å². The summed E-state index contributed by atoms with van der Waals surface area (Å²) in [5.74, 6) is 1.36. The van der Waals surface area contributed by atoms with Crippen LogP contribution in [0, 0.1) is 0 Å². The molecule has 19 heavy (non-hydrogen) atoms. The Balaban J connectivity index is 2.04. The molecule has 2 rings (SSSR count). The van der Waals surface area contributed by atoms with E-state index < -0.39 is 5.60 Å². The van der Waals surface area contributed by atoms with Gasteiger partial charge in [-0.2, -0.15) is 11.8 Å². The minimum Gasteiger partial charge on any atom is -0.380 e. The van der Waals surface area contributed by atoms with Gasteiger partial charge in [0.25, 0.3) is 5.91 Å². The molecule has 2 N–H and O–H groups in total. The molecular formula is C14H18ClNO2S. The van der Waals surface area contributed by atoms with Crippen molar-refractivity contribution >= 4 is 29.3 Å². The SMILES string of the molecule is CC(NC(=O)C1(O)CCSCC1)c1ccccc1Cl. The number of hydrogen-bond donors (Lipinski definition) is 2. The van der Waals surface area contributed by atoms with Crippen LogP contribution in [-0.2, 0) is 4.79 Å². The largest absolute Gasteiger partial charge is 0.380 e. The lowest BCUT2D eigenvalue weighted by Crippen LogP contribution is -2.49. The van der Waals surface area contributed by atoms with Crippen LogP contribution in [0.3, 0.4) is 0 Å². The lowest BCUT2D eigenvalue weighted by Gasteiger charge is -2.31. The van der Waals surface area contributed by atoms with Crippen LogP contribution < -0.4 is 5.32 Å². The summed E-state index contributed by atoms with van der Waals surface area (Å²) >= 11 is 7.88. The van der Waals surface area contributed by atoms with Crippen molar-refractivity contribution in [3.8, 4) is 0 Å². The van der Waals surface area contributed by atoms with Gasteiger partial charge >= 0.3 is 0 Å². The lowest BCUT2D eigenvalue weighted by atomic mass is 9.95. The minimum atomic E-state index is -1.22. The zero-order valence-corrected chi connectivity index (χ0v) is 12.4. The number of aliphatic hydroxyl groups is 1. The quantitative estimate of drug-likeness (QED) is 0.902. The number of amides is 1. The fourth-order valence-electron chi connectivity index (χ4n) is 2.17. The average Bonchev–Trinajstić information content (AvgIpc) is 2.40. The number of hydrogen-bond acceptors (Lipinski definition) is 3. The van der Waals surface area contributed by atoms with E-state index in [1.807, 2.05) is 25.1 Å². The first-order valence-electron chi connectivity index (χ1n) is 6.38. The third kappa shape index (κ3) is 3.44. The second-order valence-electron chi connectivity index (χ2n) is 4.86.